The first-order chi connectivity index (χ1) is 9.86. The second-order valence-electron chi connectivity index (χ2n) is 5.04. The molecular formula is C10H14N6O5. The van der Waals surface area contributed by atoms with Gasteiger partial charge in [-0.3, -0.25) is 9.78 Å². The highest BCUT2D eigenvalue weighted by molar-refractivity contribution is 5.69. The Morgan fingerprint density at radius 3 is 2.90 bits per heavy atom. The predicted octanol–water partition coefficient (Wildman–Crippen LogP) is -2.90. The van der Waals surface area contributed by atoms with E-state index in [1.807, 2.05) is 0 Å². The lowest BCUT2D eigenvalue weighted by molar-refractivity contribution is -0.101. The lowest BCUT2D eigenvalue weighted by Gasteiger charge is -2.26. The minimum Gasteiger partial charge on any atom is -0.394 e. The van der Waals surface area contributed by atoms with Gasteiger partial charge < -0.3 is 25.8 Å². The maximum atomic E-state index is 11.7. The van der Waals surface area contributed by atoms with Crippen molar-refractivity contribution in [3.63, 3.8) is 0 Å². The molecule has 0 aliphatic carbocycles. The summed E-state index contributed by atoms with van der Waals surface area (Å²) in [5.41, 5.74) is 3.06. The minimum absolute atomic E-state index is 0.00677. The topological polar surface area (TPSA) is 172 Å². The highest BCUT2D eigenvalue weighted by Gasteiger charge is 2.54. The maximum absolute atomic E-state index is 11.7. The third-order valence-corrected chi connectivity index (χ3v) is 3.51. The van der Waals surface area contributed by atoms with Gasteiger partial charge in [-0.1, -0.05) is 5.21 Å². The molecule has 114 valence electrons. The number of fused-ring (bicyclic) bond motifs is 1. The van der Waals surface area contributed by atoms with Gasteiger partial charge in [0.05, 0.1) is 6.61 Å². The van der Waals surface area contributed by atoms with Gasteiger partial charge in [-0.05, 0) is 6.92 Å². The summed E-state index contributed by atoms with van der Waals surface area (Å²) < 4.78 is 6.44. The number of nitrogen functional groups attached to an aromatic ring is 1. The number of nitrogens with two attached hydrogens (primary N) is 1. The van der Waals surface area contributed by atoms with Crippen molar-refractivity contribution in [2.45, 2.75) is 31.0 Å². The quantitative estimate of drug-likeness (QED) is 0.389. The summed E-state index contributed by atoms with van der Waals surface area (Å²) in [6.07, 6.45) is -3.52. The van der Waals surface area contributed by atoms with Crippen LogP contribution in [0.3, 0.4) is 0 Å². The molecule has 21 heavy (non-hydrogen) atoms. The number of H-pyrrole nitrogens is 1. The van der Waals surface area contributed by atoms with Gasteiger partial charge in [0.15, 0.2) is 17.4 Å². The van der Waals surface area contributed by atoms with Crippen LogP contribution in [-0.4, -0.2) is 64.7 Å². The molecule has 2 aromatic rings. The number of aliphatic hydroxyl groups excluding tert-OH is 2. The molecule has 1 saturated heterocycles. The Hall–Kier alpha value is -2.08. The van der Waals surface area contributed by atoms with Gasteiger partial charge >= 0.3 is 0 Å². The fraction of sp³-hybridized carbons (Fsp3) is 0.600. The van der Waals surface area contributed by atoms with Gasteiger partial charge in [0.25, 0.3) is 5.56 Å². The van der Waals surface area contributed by atoms with Crippen molar-refractivity contribution in [3.8, 4) is 0 Å². The molecule has 6 N–H and O–H groups in total. The first-order valence-electron chi connectivity index (χ1n) is 6.13. The molecule has 11 nitrogen and oxygen atoms in total. The lowest BCUT2D eigenvalue weighted by atomic mass is 9.97. The smallest absolute Gasteiger partial charge is 0.282 e. The molecule has 4 atom stereocenters. The molecular weight excluding hydrogens is 284 g/mol. The van der Waals surface area contributed by atoms with Gasteiger partial charge in [0, 0.05) is 0 Å². The first kappa shape index (κ1) is 13.9. The minimum atomic E-state index is -1.76. The summed E-state index contributed by atoms with van der Waals surface area (Å²) in [4.78, 5) is 17.9. The molecule has 0 saturated carbocycles. The van der Waals surface area contributed by atoms with Gasteiger partial charge in [-0.2, -0.15) is 9.67 Å². The molecule has 1 unspecified atom stereocenters. The number of aromatic nitrogens is 5. The van der Waals surface area contributed by atoms with Gasteiger partial charge in [0.2, 0.25) is 5.95 Å². The van der Waals surface area contributed by atoms with Crippen LogP contribution in [0, 0.1) is 0 Å². The largest absolute Gasteiger partial charge is 0.394 e. The number of rotatable bonds is 2. The SMILES string of the molecule is CC1(O)[C@@H](O)[C@@H](CO)O[C@H]1n1nnc2c(=O)[nH]c(N)nc21. The zero-order valence-corrected chi connectivity index (χ0v) is 11.0. The van der Waals surface area contributed by atoms with Crippen LogP contribution in [0.4, 0.5) is 5.95 Å². The highest BCUT2D eigenvalue weighted by Crippen LogP contribution is 2.38. The normalized spacial score (nSPS) is 32.9. The van der Waals surface area contributed by atoms with Gasteiger partial charge in [-0.15, -0.1) is 5.10 Å². The molecule has 0 amide bonds. The van der Waals surface area contributed by atoms with E-state index in [1.165, 1.54) is 6.92 Å². The molecule has 3 rings (SSSR count). The molecule has 1 fully saturated rings. The number of anilines is 1. The Balaban J connectivity index is 2.15. The van der Waals surface area contributed by atoms with Crippen LogP contribution in [0.5, 0.6) is 0 Å². The molecule has 11 heteroatoms. The summed E-state index contributed by atoms with van der Waals surface area (Å²) in [6, 6.07) is 0. The number of aromatic amines is 1. The summed E-state index contributed by atoms with van der Waals surface area (Å²) in [5.74, 6) is -0.145. The van der Waals surface area contributed by atoms with Crippen molar-refractivity contribution in [1.29, 1.82) is 0 Å². The second-order valence-corrected chi connectivity index (χ2v) is 5.04. The van der Waals surface area contributed by atoms with Crippen LogP contribution in [0.2, 0.25) is 0 Å². The lowest BCUT2D eigenvalue weighted by Crippen LogP contribution is -2.44. The van der Waals surface area contributed by atoms with Gasteiger partial charge in [-0.25, -0.2) is 0 Å². The highest BCUT2D eigenvalue weighted by atomic mass is 16.6. The molecule has 0 aromatic carbocycles. The molecule has 0 spiro atoms. The first-order valence-corrected chi connectivity index (χ1v) is 6.13. The van der Waals surface area contributed by atoms with E-state index < -0.39 is 36.2 Å². The Kier molecular flexibility index (Phi) is 2.95. The summed E-state index contributed by atoms with van der Waals surface area (Å²) in [7, 11) is 0. The van der Waals surface area contributed by atoms with Crippen LogP contribution in [-0.2, 0) is 4.74 Å². The Morgan fingerprint density at radius 1 is 1.57 bits per heavy atom. The van der Waals surface area contributed by atoms with Crippen LogP contribution < -0.4 is 11.3 Å². The number of nitrogens with zero attached hydrogens (tertiary/aromatic N) is 4. The summed E-state index contributed by atoms with van der Waals surface area (Å²) in [5, 5.41) is 36.9. The van der Waals surface area contributed by atoms with E-state index in [-0.39, 0.29) is 17.1 Å². The van der Waals surface area contributed by atoms with Gasteiger partial charge in [0.1, 0.15) is 17.8 Å². The second kappa shape index (κ2) is 4.46. The van der Waals surface area contributed by atoms with E-state index in [0.29, 0.717) is 0 Å². The standard InChI is InChI=1S/C10H14N6O5/c1-10(20)5(18)3(2-17)21-8(10)16-6-4(14-15-16)7(19)13-9(11)12-6/h3,5,8,17-18,20H,2H2,1H3,(H3,11,12,13,19)/t3-,5+,8-,10?/m1/s1. The van der Waals surface area contributed by atoms with Crippen LogP contribution in [0.1, 0.15) is 13.2 Å². The Bertz CT molecular complexity index is 739. The summed E-state index contributed by atoms with van der Waals surface area (Å²) >= 11 is 0. The van der Waals surface area contributed by atoms with E-state index in [0.717, 1.165) is 4.68 Å². The van der Waals surface area contributed by atoms with Crippen molar-refractivity contribution < 1.29 is 20.1 Å². The number of ether oxygens (including phenoxy) is 1. The Labute approximate surface area is 117 Å². The van der Waals surface area contributed by atoms with Crippen molar-refractivity contribution >= 4 is 17.1 Å². The molecule has 1 aliphatic rings. The van der Waals surface area contributed by atoms with E-state index in [1.54, 1.807) is 0 Å². The van der Waals surface area contributed by atoms with Crippen molar-refractivity contribution in [2.75, 3.05) is 12.3 Å². The van der Waals surface area contributed by atoms with Crippen LogP contribution in [0.25, 0.3) is 11.2 Å². The maximum Gasteiger partial charge on any atom is 0.282 e. The van der Waals surface area contributed by atoms with Crippen molar-refractivity contribution in [3.05, 3.63) is 10.4 Å². The van der Waals surface area contributed by atoms with E-state index in [4.69, 9.17) is 15.6 Å². The number of hydrogen-bond acceptors (Lipinski definition) is 9. The Morgan fingerprint density at radius 2 is 2.29 bits per heavy atom. The predicted molar refractivity (Wildman–Crippen MR) is 68.0 cm³/mol. The zero-order chi connectivity index (χ0) is 15.4. The van der Waals surface area contributed by atoms with E-state index >= 15 is 0 Å². The van der Waals surface area contributed by atoms with Crippen LogP contribution >= 0.6 is 0 Å². The van der Waals surface area contributed by atoms with Crippen LogP contribution in [0.15, 0.2) is 4.79 Å². The fourth-order valence-corrected chi connectivity index (χ4v) is 2.36. The van der Waals surface area contributed by atoms with Crippen molar-refractivity contribution in [2.24, 2.45) is 0 Å². The average Bonchev–Trinajstić information content (AvgIpc) is 2.91. The number of hydrogen-bond donors (Lipinski definition) is 5. The third-order valence-electron chi connectivity index (χ3n) is 3.51. The molecule has 3 heterocycles. The number of aliphatic hydroxyl groups is 3. The third kappa shape index (κ3) is 1.90. The average molecular weight is 298 g/mol. The van der Waals surface area contributed by atoms with E-state index in [9.17, 15) is 15.0 Å². The monoisotopic (exact) mass is 298 g/mol. The zero-order valence-electron chi connectivity index (χ0n) is 11.0. The molecule has 0 bridgehead atoms. The fourth-order valence-electron chi connectivity index (χ4n) is 2.36. The van der Waals surface area contributed by atoms with E-state index in [2.05, 4.69) is 20.3 Å². The molecule has 0 radical (unpaired) electrons. The molecule has 2 aromatic heterocycles. The molecule has 1 aliphatic heterocycles. The summed E-state index contributed by atoms with van der Waals surface area (Å²) in [6.45, 7) is 0.832. The van der Waals surface area contributed by atoms with Crippen molar-refractivity contribution in [1.82, 2.24) is 25.0 Å². The number of nitrogens with one attached hydrogen (secondary N) is 1.